The van der Waals surface area contributed by atoms with Crippen molar-refractivity contribution in [3.8, 4) is 0 Å². The number of aromatic nitrogens is 6. The van der Waals surface area contributed by atoms with Crippen LogP contribution in [0.5, 0.6) is 0 Å². The van der Waals surface area contributed by atoms with Gasteiger partial charge in [0.1, 0.15) is 46.8 Å². The number of alkyl halides is 1. The summed E-state index contributed by atoms with van der Waals surface area (Å²) in [5.41, 5.74) is -5.46. The molecule has 4 aromatic heterocycles. The second-order valence-corrected chi connectivity index (χ2v) is 35.9. The molecule has 6 saturated heterocycles. The predicted octanol–water partition coefficient (Wildman–Crippen LogP) is 11.6. The first kappa shape index (κ1) is 96.9. The third-order valence-electron chi connectivity index (χ3n) is 27.1. The van der Waals surface area contributed by atoms with Crippen LogP contribution in [-0.2, 0) is 94.0 Å². The largest absolute Gasteiger partial charge is 0.457 e. The third kappa shape index (κ3) is 20.1. The van der Waals surface area contributed by atoms with Gasteiger partial charge in [-0.05, 0) is 183 Å². The van der Waals surface area contributed by atoms with Crippen molar-refractivity contribution in [2.45, 2.75) is 315 Å². The maximum Gasteiger partial charge on any atom is 0.410 e. The van der Waals surface area contributed by atoms with Gasteiger partial charge >= 0.3 is 30.1 Å². The first-order valence-electron chi connectivity index (χ1n) is 43.9. The smallest absolute Gasteiger partial charge is 0.410 e. The summed E-state index contributed by atoms with van der Waals surface area (Å²) in [5.74, 6) is -11.5. The van der Waals surface area contributed by atoms with Crippen LogP contribution in [0.4, 0.5) is 14.0 Å². The number of imidazole rings is 2. The molecule has 32 heteroatoms. The van der Waals surface area contributed by atoms with E-state index in [2.05, 4.69) is 19.9 Å². The predicted molar refractivity (Wildman–Crippen MR) is 452 cm³/mol. The van der Waals surface area contributed by atoms with E-state index >= 15 is 9.18 Å². The zero-order valence-corrected chi connectivity index (χ0v) is 75.9. The van der Waals surface area contributed by atoms with Gasteiger partial charge in [0.2, 0.25) is 0 Å². The van der Waals surface area contributed by atoms with Crippen molar-refractivity contribution in [1.82, 2.24) is 48.7 Å². The molecule has 0 aliphatic carbocycles. The lowest BCUT2D eigenvalue weighted by Gasteiger charge is -2.48. The van der Waals surface area contributed by atoms with E-state index in [0.29, 0.717) is 57.2 Å². The number of halogens is 1. The minimum atomic E-state index is -3.18. The Bertz CT molecular complexity index is 4490. The van der Waals surface area contributed by atoms with Crippen LogP contribution in [0.1, 0.15) is 198 Å². The number of benzene rings is 1. The Morgan fingerprint density at radius 1 is 0.553 bits per heavy atom. The molecule has 26 atom stereocenters. The summed E-state index contributed by atoms with van der Waals surface area (Å²) in [7, 11) is 10.3. The van der Waals surface area contributed by atoms with Crippen molar-refractivity contribution < 1.29 is 105 Å². The van der Waals surface area contributed by atoms with E-state index in [1.807, 2.05) is 119 Å². The van der Waals surface area contributed by atoms with Crippen LogP contribution in [0.25, 0.3) is 22.3 Å². The number of likely N-dealkylation sites (N-methyl/N-ethyl adjacent to an activating group) is 2. The van der Waals surface area contributed by atoms with Crippen LogP contribution >= 0.6 is 0 Å². The van der Waals surface area contributed by atoms with Gasteiger partial charge in [-0.25, -0.2) is 43.5 Å². The number of rotatable bonds is 24. The Balaban J connectivity index is 0.000000259. The molecule has 2 unspecified atom stereocenters. The molecule has 1 aromatic carbocycles. The first-order valence-corrected chi connectivity index (χ1v) is 43.9. The average molecular weight is 1720 g/mol. The number of pyridine rings is 2. The molecular formula is C91H133FN10O21. The lowest BCUT2D eigenvalue weighted by atomic mass is 9.72. The second kappa shape index (κ2) is 40.5. The van der Waals surface area contributed by atoms with E-state index in [9.17, 15) is 43.5 Å². The minimum absolute atomic E-state index is 0.00262. The van der Waals surface area contributed by atoms with Gasteiger partial charge < -0.3 is 85.9 Å². The molecule has 123 heavy (non-hydrogen) atoms. The highest BCUT2D eigenvalue weighted by Gasteiger charge is 2.65. The number of esters is 3. The summed E-state index contributed by atoms with van der Waals surface area (Å²) >= 11 is 0. The number of hydrogen-bond donors (Lipinski definition) is 1. The van der Waals surface area contributed by atoms with Crippen molar-refractivity contribution in [2.75, 3.05) is 55.5 Å². The average Bonchev–Trinajstić information content (AvgIpc) is 1.59. The zero-order chi connectivity index (χ0) is 90.3. The van der Waals surface area contributed by atoms with E-state index in [4.69, 9.17) is 52.1 Å². The first-order chi connectivity index (χ1) is 58.2. The van der Waals surface area contributed by atoms with Crippen molar-refractivity contribution >= 4 is 75.6 Å². The van der Waals surface area contributed by atoms with Crippen LogP contribution in [-0.4, -0.2) is 276 Å². The van der Waals surface area contributed by atoms with Gasteiger partial charge in [-0.2, -0.15) is 0 Å². The van der Waals surface area contributed by atoms with Gasteiger partial charge in [0.25, 0.3) is 5.67 Å². The number of amides is 2. The molecule has 31 nitrogen and oxygen atoms in total. The summed E-state index contributed by atoms with van der Waals surface area (Å²) in [6.45, 7) is 28.6. The normalized spacial score (nSPS) is 35.9. The van der Waals surface area contributed by atoms with Crippen LogP contribution in [0.15, 0.2) is 79.6 Å². The van der Waals surface area contributed by atoms with Crippen LogP contribution in [0.3, 0.4) is 0 Å². The number of nitrogens with zero attached hydrogens (tertiary/aromatic N) is 10. The SMILES string of the molecule is CC[C@H]1OC(=O)[C@@](C)(F)C(=O)[C@H](C)[C@@H](OC2O[C@H](C)C[C@H](N(C)C)[C@H]2O)[C@@](C)(OC)C[C@@H](C)C(=O)[C@H](C)[C@H]2N(CCCCn3cnc4cccnc43)C(=O)O[C@]12CC.CC[C@H]1OC(=O)[C@H](C)C(=O)[C@H](C)[C@@H](OC2O[C@H](C)C[C@H](N(C)C)[C@H]2OC(=O)c2ccccc2)[C@@](C)(OC)C[C@@H](C)C(=O)[C@H](C)[C@H]2N(CCCCn3cnc4cccnc43)C(=O)O[C@]12CC. The molecule has 680 valence electrons. The van der Waals surface area contributed by atoms with Gasteiger partial charge in [0.15, 0.2) is 52.7 Å². The standard InChI is InChI=1S/C49H69N5O11.C42H64FN5O10/c1-12-37-49(13-2)41(54(47(59)65-49)25-18-17-24-53-28-51-35-22-19-23-50-43(35)53)31(5)38(55)29(3)27-48(8,60-11)42(32(6)39(56)33(7)44(57)62-37)64-46-40(36(52(9)10)26-30(4)61-46)63-45(58)34-20-15-14-16-21-34;1-12-30-42(13-2)33(48(39(53)58-42)20-15-14-19-47-23-45-28-17-16-18-44-36(28)47)26(5)31(49)24(3)22-40(7,54-11)35(27(6)34(51)41(8,43)38(52)56-30)57-37-32(50)29(46(9)10)21-25(4)55-37/h14-16,19-23,28-33,36-37,40-42,46H,12-13,17-18,24-27H2,1-11H3;16-18,23-27,29-30,32-33,35,37,50H,12-15,19-22H2,1-11H3/t29-,30-,31+,32+,33-,36+,37-,40-,41-,42-,46?,48+,49-;24-,25-,26+,27+,29+,30-,32-,33-,35-,37?,40+,41+,42-/m11/s1. The van der Waals surface area contributed by atoms with Gasteiger partial charge in [-0.3, -0.25) is 24.0 Å². The number of unbranched alkanes of at least 4 members (excludes halogenated alkanes) is 2. The summed E-state index contributed by atoms with van der Waals surface area (Å²) in [5, 5.41) is 11.4. The molecule has 6 fully saturated rings. The molecule has 6 aliphatic rings. The van der Waals surface area contributed by atoms with Gasteiger partial charge in [-0.1, -0.05) is 87.4 Å². The second-order valence-electron chi connectivity index (χ2n) is 35.9. The molecule has 1 N–H and O–H groups in total. The fraction of sp³-hybridized carbons (Fsp3) is 0.703. The van der Waals surface area contributed by atoms with Crippen molar-refractivity contribution in [2.24, 2.45) is 41.4 Å². The lowest BCUT2D eigenvalue weighted by Crippen LogP contribution is -2.62. The number of ether oxygens (including phenoxy) is 11. The minimum Gasteiger partial charge on any atom is -0.457 e. The molecule has 11 rings (SSSR count). The van der Waals surface area contributed by atoms with Gasteiger partial charge in [0.05, 0.1) is 72.0 Å². The van der Waals surface area contributed by atoms with Crippen LogP contribution in [0.2, 0.25) is 0 Å². The van der Waals surface area contributed by atoms with E-state index in [1.54, 1.807) is 108 Å². The molecule has 6 aliphatic heterocycles. The number of carbonyl (C=O) groups excluding carboxylic acids is 9. The molecule has 0 bridgehead atoms. The molecule has 2 amide bonds. The van der Waals surface area contributed by atoms with E-state index in [0.717, 1.165) is 29.3 Å². The number of carbonyl (C=O) groups is 9. The fourth-order valence-corrected chi connectivity index (χ4v) is 20.1. The monoisotopic (exact) mass is 1720 g/mol. The van der Waals surface area contributed by atoms with Crippen LogP contribution < -0.4 is 0 Å². The topological polar surface area (TPSA) is 350 Å². The molecule has 10 heterocycles. The third-order valence-corrected chi connectivity index (χ3v) is 27.1. The number of cyclic esters (lactones) is 2. The highest BCUT2D eigenvalue weighted by molar-refractivity contribution is 6.08. The van der Waals surface area contributed by atoms with Gasteiger partial charge in [0, 0.05) is 94.3 Å². The highest BCUT2D eigenvalue weighted by Crippen LogP contribution is 2.49. The molecule has 0 spiro atoms. The molecule has 0 saturated carbocycles. The Morgan fingerprint density at radius 2 is 0.992 bits per heavy atom. The summed E-state index contributed by atoms with van der Waals surface area (Å²) < 4.78 is 90.3. The van der Waals surface area contributed by atoms with Gasteiger partial charge in [-0.15, -0.1) is 0 Å². The molecule has 0 radical (unpaired) electrons. The number of aliphatic hydroxyl groups is 1. The molecular weight excluding hydrogens is 1590 g/mol. The lowest BCUT2D eigenvalue weighted by molar-refractivity contribution is -0.295. The number of hydrogen-bond acceptors (Lipinski definition) is 27. The Morgan fingerprint density at radius 3 is 1.45 bits per heavy atom. The Kier molecular flexibility index (Phi) is 31.9. The van der Waals surface area contributed by atoms with E-state index in [1.165, 1.54) is 28.1 Å². The van der Waals surface area contributed by atoms with E-state index < -0.39 is 172 Å². The Labute approximate surface area is 722 Å². The maximum atomic E-state index is 17.0. The maximum absolute atomic E-state index is 17.0. The number of fused-ring (bicyclic) bond motifs is 4. The summed E-state index contributed by atoms with van der Waals surface area (Å²) in [6.07, 6.45) is 0.143. The number of aliphatic hydroxyl groups excluding tert-OH is 1. The number of ketones is 4. The van der Waals surface area contributed by atoms with Crippen molar-refractivity contribution in [3.05, 3.63) is 85.2 Å². The van der Waals surface area contributed by atoms with E-state index in [-0.39, 0.29) is 87.5 Å². The number of aryl methyl sites for hydroxylation is 2. The molecule has 5 aromatic rings. The van der Waals surface area contributed by atoms with Crippen molar-refractivity contribution in [3.63, 3.8) is 0 Å². The number of Topliss-reactive ketones (excluding diaryl/α,β-unsaturated/α-hetero) is 4. The van der Waals surface area contributed by atoms with Crippen LogP contribution in [0, 0.1) is 41.4 Å². The number of methoxy groups -OCH3 is 2. The fourth-order valence-electron chi connectivity index (χ4n) is 20.1. The summed E-state index contributed by atoms with van der Waals surface area (Å²) in [6, 6.07) is 13.7. The Hall–Kier alpha value is -8.34. The highest BCUT2D eigenvalue weighted by atomic mass is 19.1. The quantitative estimate of drug-likeness (QED) is 0.0259. The zero-order valence-electron chi connectivity index (χ0n) is 75.9. The summed E-state index contributed by atoms with van der Waals surface area (Å²) in [4.78, 5) is 154. The van der Waals surface area contributed by atoms with Crippen molar-refractivity contribution in [1.29, 1.82) is 0 Å².